The van der Waals surface area contributed by atoms with Crippen LogP contribution < -0.4 is 0 Å². The molecular weight excluding hydrogens is 196 g/mol. The van der Waals surface area contributed by atoms with Gasteiger partial charge in [-0.2, -0.15) is 0 Å². The van der Waals surface area contributed by atoms with Crippen molar-refractivity contribution in [3.63, 3.8) is 0 Å². The van der Waals surface area contributed by atoms with Gasteiger partial charge < -0.3 is 5.11 Å². The maximum atomic E-state index is 9.42. The third kappa shape index (κ3) is 3.27. The summed E-state index contributed by atoms with van der Waals surface area (Å²) in [5, 5.41) is 9.42. The van der Waals surface area contributed by atoms with Gasteiger partial charge in [0.2, 0.25) is 0 Å². The molecular formula is C15H20O. The van der Waals surface area contributed by atoms with E-state index in [1.807, 2.05) is 0 Å². The average molecular weight is 216 g/mol. The van der Waals surface area contributed by atoms with Crippen LogP contribution in [-0.4, -0.2) is 5.11 Å². The lowest BCUT2D eigenvalue weighted by Crippen LogP contribution is -1.93. The van der Waals surface area contributed by atoms with Gasteiger partial charge in [-0.25, -0.2) is 0 Å². The zero-order valence-corrected chi connectivity index (χ0v) is 10.3. The molecule has 0 saturated heterocycles. The Morgan fingerprint density at radius 2 is 1.88 bits per heavy atom. The van der Waals surface area contributed by atoms with Gasteiger partial charge in [0.05, 0.1) is 5.76 Å². The summed E-state index contributed by atoms with van der Waals surface area (Å²) < 4.78 is 0. The van der Waals surface area contributed by atoms with Crippen molar-refractivity contribution in [3.8, 4) is 0 Å². The highest BCUT2D eigenvalue weighted by atomic mass is 16.3. The number of hydrogen-bond acceptors (Lipinski definition) is 1. The Bertz CT molecular complexity index is 378. The van der Waals surface area contributed by atoms with Gasteiger partial charge in [0.15, 0.2) is 0 Å². The van der Waals surface area contributed by atoms with Crippen LogP contribution in [-0.2, 0) is 6.42 Å². The summed E-state index contributed by atoms with van der Waals surface area (Å²) in [5.41, 5.74) is 3.43. The highest BCUT2D eigenvalue weighted by Gasteiger charge is 2.02. The minimum absolute atomic E-state index is 0.350. The Hall–Kier alpha value is -1.50. The van der Waals surface area contributed by atoms with Crippen LogP contribution in [0.1, 0.15) is 37.8 Å². The van der Waals surface area contributed by atoms with E-state index in [9.17, 15) is 5.11 Å². The maximum absolute atomic E-state index is 9.42. The number of benzene rings is 1. The number of allylic oxidation sites excluding steroid dienone is 3. The fourth-order valence-electron chi connectivity index (χ4n) is 1.59. The van der Waals surface area contributed by atoms with Crippen molar-refractivity contribution in [3.05, 3.63) is 59.4 Å². The summed E-state index contributed by atoms with van der Waals surface area (Å²) in [6, 6.07) is 8.52. The van der Waals surface area contributed by atoms with Crippen LogP contribution in [0.25, 0.3) is 0 Å². The zero-order valence-electron chi connectivity index (χ0n) is 10.3. The second-order valence-electron chi connectivity index (χ2n) is 4.39. The Balaban J connectivity index is 2.84. The lowest BCUT2D eigenvalue weighted by molar-refractivity contribution is 0.407. The first-order chi connectivity index (χ1) is 7.54. The topological polar surface area (TPSA) is 20.2 Å². The van der Waals surface area contributed by atoms with Gasteiger partial charge in [-0.1, -0.05) is 50.8 Å². The standard InChI is InChI=1S/C15H20O/c1-5-14(12(4)16)10-13-6-8-15(9-7-13)11(2)3/h5-9,11,16H,1,10H2,2-4H3/b14-12-. The molecule has 16 heavy (non-hydrogen) atoms. The molecule has 0 radical (unpaired) electrons. The van der Waals surface area contributed by atoms with E-state index in [1.165, 1.54) is 11.1 Å². The minimum atomic E-state index is 0.350. The Morgan fingerprint density at radius 3 is 2.25 bits per heavy atom. The van der Waals surface area contributed by atoms with E-state index >= 15 is 0 Å². The van der Waals surface area contributed by atoms with Crippen molar-refractivity contribution in [2.24, 2.45) is 0 Å². The molecule has 86 valence electrons. The smallest absolute Gasteiger partial charge is 0.0926 e. The summed E-state index contributed by atoms with van der Waals surface area (Å²) in [6.45, 7) is 9.77. The normalized spacial score (nSPS) is 12.5. The molecule has 0 heterocycles. The number of rotatable bonds is 4. The molecule has 0 aliphatic rings. The summed E-state index contributed by atoms with van der Waals surface area (Å²) in [7, 11) is 0. The molecule has 1 aromatic rings. The summed E-state index contributed by atoms with van der Waals surface area (Å²) >= 11 is 0. The Labute approximate surface area is 98.1 Å². The predicted molar refractivity (Wildman–Crippen MR) is 69.8 cm³/mol. The molecule has 0 amide bonds. The molecule has 0 aliphatic carbocycles. The molecule has 1 aromatic carbocycles. The second kappa shape index (κ2) is 5.55. The van der Waals surface area contributed by atoms with E-state index in [1.54, 1.807) is 13.0 Å². The van der Waals surface area contributed by atoms with Crippen LogP contribution >= 0.6 is 0 Å². The molecule has 1 N–H and O–H groups in total. The van der Waals surface area contributed by atoms with Gasteiger partial charge in [-0.3, -0.25) is 0 Å². The molecule has 0 atom stereocenters. The van der Waals surface area contributed by atoms with E-state index in [-0.39, 0.29) is 0 Å². The van der Waals surface area contributed by atoms with Gasteiger partial charge in [-0.05, 0) is 29.5 Å². The van der Waals surface area contributed by atoms with Crippen LogP contribution in [0.15, 0.2) is 48.3 Å². The van der Waals surface area contributed by atoms with Gasteiger partial charge in [0, 0.05) is 6.42 Å². The van der Waals surface area contributed by atoms with Crippen LogP contribution in [0, 0.1) is 0 Å². The zero-order chi connectivity index (χ0) is 12.1. The largest absolute Gasteiger partial charge is 0.512 e. The molecule has 0 aromatic heterocycles. The van der Waals surface area contributed by atoms with Gasteiger partial charge in [0.1, 0.15) is 0 Å². The average Bonchev–Trinajstić information content (AvgIpc) is 2.26. The predicted octanol–water partition coefficient (Wildman–Crippen LogP) is 4.37. The lowest BCUT2D eigenvalue weighted by Gasteiger charge is -2.08. The molecule has 1 rings (SSSR count). The van der Waals surface area contributed by atoms with Crippen LogP contribution in [0.3, 0.4) is 0 Å². The van der Waals surface area contributed by atoms with E-state index in [0.717, 1.165) is 12.0 Å². The molecule has 0 fully saturated rings. The molecule has 0 unspecified atom stereocenters. The first kappa shape index (κ1) is 12.6. The quantitative estimate of drug-likeness (QED) is 0.585. The van der Waals surface area contributed by atoms with E-state index in [2.05, 4.69) is 44.7 Å². The van der Waals surface area contributed by atoms with Crippen molar-refractivity contribution in [2.45, 2.75) is 33.1 Å². The maximum Gasteiger partial charge on any atom is 0.0926 e. The van der Waals surface area contributed by atoms with Gasteiger partial charge in [0.25, 0.3) is 0 Å². The summed E-state index contributed by atoms with van der Waals surface area (Å²) in [6.07, 6.45) is 2.45. The lowest BCUT2D eigenvalue weighted by atomic mass is 9.98. The van der Waals surface area contributed by atoms with E-state index < -0.39 is 0 Å². The molecule has 0 aliphatic heterocycles. The first-order valence-corrected chi connectivity index (χ1v) is 5.64. The number of hydrogen-bond donors (Lipinski definition) is 1. The van der Waals surface area contributed by atoms with Crippen molar-refractivity contribution in [1.29, 1.82) is 0 Å². The fourth-order valence-corrected chi connectivity index (χ4v) is 1.59. The SMILES string of the molecule is C=C/C(Cc1ccc(C(C)C)cc1)=C(\C)O. The fraction of sp³-hybridized carbons (Fsp3) is 0.333. The Kier molecular flexibility index (Phi) is 4.36. The molecule has 0 saturated carbocycles. The van der Waals surface area contributed by atoms with Gasteiger partial charge >= 0.3 is 0 Å². The van der Waals surface area contributed by atoms with Crippen LogP contribution in [0.4, 0.5) is 0 Å². The van der Waals surface area contributed by atoms with Crippen molar-refractivity contribution in [2.75, 3.05) is 0 Å². The third-order valence-electron chi connectivity index (χ3n) is 2.75. The summed E-state index contributed by atoms with van der Waals surface area (Å²) in [4.78, 5) is 0. The number of aliphatic hydroxyl groups excluding tert-OH is 1. The Morgan fingerprint density at radius 1 is 1.31 bits per heavy atom. The minimum Gasteiger partial charge on any atom is -0.512 e. The highest BCUT2D eigenvalue weighted by molar-refractivity contribution is 5.31. The second-order valence-corrected chi connectivity index (χ2v) is 4.39. The van der Waals surface area contributed by atoms with Crippen molar-refractivity contribution < 1.29 is 5.11 Å². The molecule has 1 nitrogen and oxygen atoms in total. The van der Waals surface area contributed by atoms with Crippen LogP contribution in [0.5, 0.6) is 0 Å². The van der Waals surface area contributed by atoms with Gasteiger partial charge in [-0.15, -0.1) is 0 Å². The van der Waals surface area contributed by atoms with E-state index in [0.29, 0.717) is 11.7 Å². The highest BCUT2D eigenvalue weighted by Crippen LogP contribution is 2.17. The van der Waals surface area contributed by atoms with E-state index in [4.69, 9.17) is 0 Å². The van der Waals surface area contributed by atoms with Crippen LogP contribution in [0.2, 0.25) is 0 Å². The first-order valence-electron chi connectivity index (χ1n) is 5.64. The molecule has 1 heteroatoms. The number of aliphatic hydroxyl groups is 1. The third-order valence-corrected chi connectivity index (χ3v) is 2.75. The molecule has 0 bridgehead atoms. The molecule has 0 spiro atoms. The monoisotopic (exact) mass is 216 g/mol. The summed E-state index contributed by atoms with van der Waals surface area (Å²) in [5.74, 6) is 0.908. The van der Waals surface area contributed by atoms with Crippen molar-refractivity contribution in [1.82, 2.24) is 0 Å². The van der Waals surface area contributed by atoms with Crippen molar-refractivity contribution >= 4 is 0 Å².